The Morgan fingerprint density at radius 2 is 2.28 bits per heavy atom. The van der Waals surface area contributed by atoms with Crippen LogP contribution >= 0.6 is 0 Å². The van der Waals surface area contributed by atoms with Gasteiger partial charge in [0.15, 0.2) is 0 Å². The van der Waals surface area contributed by atoms with Crippen LogP contribution in [0.15, 0.2) is 16.7 Å². The van der Waals surface area contributed by atoms with Gasteiger partial charge in [0.05, 0.1) is 17.9 Å². The molecule has 6 nitrogen and oxygen atoms in total. The van der Waals surface area contributed by atoms with Crippen molar-refractivity contribution >= 4 is 11.9 Å². The lowest BCUT2D eigenvalue weighted by atomic mass is 10.2. The summed E-state index contributed by atoms with van der Waals surface area (Å²) in [6.07, 6.45) is 1.50. The molecule has 1 amide bonds. The van der Waals surface area contributed by atoms with Gasteiger partial charge in [-0.1, -0.05) is 0 Å². The van der Waals surface area contributed by atoms with E-state index >= 15 is 0 Å². The summed E-state index contributed by atoms with van der Waals surface area (Å²) in [4.78, 5) is 24.7. The van der Waals surface area contributed by atoms with Crippen LogP contribution in [0.25, 0.3) is 0 Å². The number of rotatable bonds is 3. The van der Waals surface area contributed by atoms with Gasteiger partial charge in [-0.15, -0.1) is 0 Å². The number of hydrogen-bond donors (Lipinski definition) is 1. The maximum Gasteiger partial charge on any atom is 0.326 e. The van der Waals surface area contributed by atoms with E-state index in [9.17, 15) is 9.59 Å². The first-order valence-corrected chi connectivity index (χ1v) is 5.65. The molecule has 1 aliphatic rings. The Balaban J connectivity index is 2.23. The lowest BCUT2D eigenvalue weighted by molar-refractivity contribution is -0.141. The number of hydrogen-bond acceptors (Lipinski definition) is 4. The van der Waals surface area contributed by atoms with Crippen molar-refractivity contribution in [2.75, 3.05) is 13.7 Å². The molecule has 1 aliphatic heterocycles. The highest BCUT2D eigenvalue weighted by atomic mass is 16.5. The quantitative estimate of drug-likeness (QED) is 0.865. The maximum atomic E-state index is 12.3. The molecule has 0 aromatic carbocycles. The molecule has 0 radical (unpaired) electrons. The van der Waals surface area contributed by atoms with E-state index in [0.29, 0.717) is 17.7 Å². The van der Waals surface area contributed by atoms with Gasteiger partial charge in [-0.2, -0.15) is 0 Å². The number of carbonyl (C=O) groups excluding carboxylic acids is 1. The van der Waals surface area contributed by atoms with Gasteiger partial charge >= 0.3 is 5.97 Å². The molecule has 0 aliphatic carbocycles. The van der Waals surface area contributed by atoms with Gasteiger partial charge in [0.2, 0.25) is 0 Å². The topological polar surface area (TPSA) is 80.0 Å². The molecule has 1 aromatic heterocycles. The summed E-state index contributed by atoms with van der Waals surface area (Å²) >= 11 is 0. The van der Waals surface area contributed by atoms with Gasteiger partial charge in [0.25, 0.3) is 5.91 Å². The van der Waals surface area contributed by atoms with Crippen LogP contribution in [0, 0.1) is 6.92 Å². The number of aryl methyl sites for hydroxylation is 1. The lowest BCUT2D eigenvalue weighted by Crippen LogP contribution is -2.40. The highest BCUT2D eigenvalue weighted by Gasteiger charge is 2.40. The molecule has 1 saturated heterocycles. The van der Waals surface area contributed by atoms with Crippen LogP contribution in [0.4, 0.5) is 0 Å². The Hall–Kier alpha value is -1.82. The third-order valence-corrected chi connectivity index (χ3v) is 3.23. The zero-order chi connectivity index (χ0) is 13.3. The zero-order valence-corrected chi connectivity index (χ0v) is 10.3. The van der Waals surface area contributed by atoms with Gasteiger partial charge in [0.1, 0.15) is 11.8 Å². The zero-order valence-electron chi connectivity index (χ0n) is 10.3. The second-order valence-electron chi connectivity index (χ2n) is 4.30. The number of methoxy groups -OCH3 is 1. The highest BCUT2D eigenvalue weighted by Crippen LogP contribution is 2.24. The fourth-order valence-electron chi connectivity index (χ4n) is 2.19. The number of ether oxygens (including phenoxy) is 1. The largest absolute Gasteiger partial charge is 0.480 e. The predicted octanol–water partition coefficient (Wildman–Crippen LogP) is 0.902. The fraction of sp³-hybridized carbons (Fsp3) is 0.500. The molecular weight excluding hydrogens is 238 g/mol. The second kappa shape index (κ2) is 4.81. The molecule has 2 unspecified atom stereocenters. The number of carboxylic acids is 1. The van der Waals surface area contributed by atoms with Crippen LogP contribution in [0.1, 0.15) is 22.5 Å². The Bertz CT molecular complexity index is 467. The van der Waals surface area contributed by atoms with E-state index < -0.39 is 12.0 Å². The molecule has 1 aromatic rings. The minimum absolute atomic E-state index is 0.234. The summed E-state index contributed by atoms with van der Waals surface area (Å²) in [6.45, 7) is 1.96. The lowest BCUT2D eigenvalue weighted by Gasteiger charge is -2.20. The van der Waals surface area contributed by atoms with E-state index in [4.69, 9.17) is 14.3 Å². The van der Waals surface area contributed by atoms with Crippen molar-refractivity contribution in [1.29, 1.82) is 0 Å². The van der Waals surface area contributed by atoms with E-state index in [2.05, 4.69) is 0 Å². The van der Waals surface area contributed by atoms with Crippen LogP contribution in [-0.4, -0.2) is 47.7 Å². The first kappa shape index (κ1) is 12.6. The Kier molecular flexibility index (Phi) is 3.38. The average Bonchev–Trinajstić information content (AvgIpc) is 2.93. The number of amides is 1. The van der Waals surface area contributed by atoms with Gasteiger partial charge in [-0.25, -0.2) is 4.79 Å². The molecule has 2 rings (SSSR count). The summed E-state index contributed by atoms with van der Waals surface area (Å²) in [5.41, 5.74) is 0.401. The first-order valence-electron chi connectivity index (χ1n) is 5.65. The van der Waals surface area contributed by atoms with Gasteiger partial charge in [0, 0.05) is 20.1 Å². The minimum atomic E-state index is -1.01. The number of likely N-dealkylation sites (tertiary alicyclic amines) is 1. The molecule has 0 saturated carbocycles. The monoisotopic (exact) mass is 253 g/mol. The van der Waals surface area contributed by atoms with Gasteiger partial charge in [-0.3, -0.25) is 4.79 Å². The second-order valence-corrected chi connectivity index (χ2v) is 4.30. The number of aliphatic carboxylic acids is 1. The molecule has 2 atom stereocenters. The van der Waals surface area contributed by atoms with Gasteiger partial charge in [-0.05, 0) is 13.0 Å². The molecule has 0 spiro atoms. The van der Waals surface area contributed by atoms with Crippen molar-refractivity contribution in [2.24, 2.45) is 0 Å². The van der Waals surface area contributed by atoms with Crippen molar-refractivity contribution in [3.63, 3.8) is 0 Å². The molecule has 2 heterocycles. The van der Waals surface area contributed by atoms with Crippen LogP contribution in [0.2, 0.25) is 0 Å². The van der Waals surface area contributed by atoms with Crippen molar-refractivity contribution in [2.45, 2.75) is 25.5 Å². The minimum Gasteiger partial charge on any atom is -0.480 e. The molecule has 0 bridgehead atoms. The van der Waals surface area contributed by atoms with Crippen molar-refractivity contribution in [1.82, 2.24) is 4.90 Å². The van der Waals surface area contributed by atoms with Crippen LogP contribution in [0.3, 0.4) is 0 Å². The molecule has 98 valence electrons. The normalized spacial score (nSPS) is 23.3. The number of carbonyl (C=O) groups is 2. The predicted molar refractivity (Wildman–Crippen MR) is 61.3 cm³/mol. The Morgan fingerprint density at radius 3 is 2.78 bits per heavy atom. The Morgan fingerprint density at radius 1 is 1.56 bits per heavy atom. The fourth-order valence-corrected chi connectivity index (χ4v) is 2.19. The summed E-state index contributed by atoms with van der Waals surface area (Å²) in [6, 6.07) is 0.716. The van der Waals surface area contributed by atoms with Crippen LogP contribution < -0.4 is 0 Å². The maximum absolute atomic E-state index is 12.3. The third kappa shape index (κ3) is 2.11. The molecule has 1 N–H and O–H groups in total. The standard InChI is InChI=1S/C12H15NO5/c1-7-9(3-4-18-7)11(14)13-6-8(17-2)5-10(13)12(15)16/h3-4,8,10H,5-6H2,1-2H3,(H,15,16). The molecule has 6 heteroatoms. The van der Waals surface area contributed by atoms with Crippen molar-refractivity contribution in [3.05, 3.63) is 23.7 Å². The third-order valence-electron chi connectivity index (χ3n) is 3.23. The SMILES string of the molecule is COC1CC(C(=O)O)N(C(=O)c2ccoc2C)C1. The smallest absolute Gasteiger partial charge is 0.326 e. The first-order chi connectivity index (χ1) is 8.54. The van der Waals surface area contributed by atoms with E-state index in [1.807, 2.05) is 0 Å². The van der Waals surface area contributed by atoms with Crippen LogP contribution in [-0.2, 0) is 9.53 Å². The summed E-state index contributed by atoms with van der Waals surface area (Å²) in [5, 5.41) is 9.14. The van der Waals surface area contributed by atoms with Gasteiger partial charge < -0.3 is 19.2 Å². The van der Waals surface area contributed by atoms with Crippen molar-refractivity contribution < 1.29 is 23.8 Å². The Labute approximate surface area is 104 Å². The molecule has 1 fully saturated rings. The summed E-state index contributed by atoms with van der Waals surface area (Å²) in [7, 11) is 1.51. The summed E-state index contributed by atoms with van der Waals surface area (Å²) in [5.74, 6) is -0.845. The number of nitrogens with zero attached hydrogens (tertiary/aromatic N) is 1. The van der Waals surface area contributed by atoms with Crippen molar-refractivity contribution in [3.8, 4) is 0 Å². The highest BCUT2D eigenvalue weighted by molar-refractivity contribution is 5.97. The number of carboxylic acid groups (broad SMARTS) is 1. The summed E-state index contributed by atoms with van der Waals surface area (Å²) < 4.78 is 10.2. The van der Waals surface area contributed by atoms with E-state index in [0.717, 1.165) is 0 Å². The van der Waals surface area contributed by atoms with E-state index in [1.54, 1.807) is 13.0 Å². The molecular formula is C12H15NO5. The van der Waals surface area contributed by atoms with E-state index in [-0.39, 0.29) is 18.6 Å². The average molecular weight is 253 g/mol. The molecule has 18 heavy (non-hydrogen) atoms. The van der Waals surface area contributed by atoms with E-state index in [1.165, 1.54) is 18.3 Å². The number of furan rings is 1. The van der Waals surface area contributed by atoms with Crippen LogP contribution in [0.5, 0.6) is 0 Å².